The molecular weight excluding hydrogens is 340 g/mol. The maximum Gasteiger partial charge on any atom is 0.324 e. The number of urea groups is 1. The Morgan fingerprint density at radius 1 is 1.28 bits per heavy atom. The Bertz CT molecular complexity index is 738. The lowest BCUT2D eigenvalue weighted by Crippen LogP contribution is -2.50. The van der Waals surface area contributed by atoms with Crippen molar-refractivity contribution < 1.29 is 14.3 Å². The zero-order chi connectivity index (χ0) is 17.8. The molecule has 0 saturated carbocycles. The summed E-state index contributed by atoms with van der Waals surface area (Å²) in [5.74, 6) is -0.905. The summed E-state index contributed by atoms with van der Waals surface area (Å²) in [5, 5.41) is 11.5. The van der Waals surface area contributed by atoms with Gasteiger partial charge in [0.25, 0.3) is 0 Å². The monoisotopic (exact) mass is 358 g/mol. The van der Waals surface area contributed by atoms with Crippen molar-refractivity contribution in [1.29, 1.82) is 5.26 Å². The van der Waals surface area contributed by atoms with E-state index in [4.69, 9.17) is 10.5 Å². The number of carbonyl (C=O) groups is 2. The first-order valence-corrected chi connectivity index (χ1v) is 8.78. The average molecular weight is 358 g/mol. The van der Waals surface area contributed by atoms with E-state index in [0.29, 0.717) is 36.9 Å². The molecule has 1 saturated heterocycles. The zero-order valence-electron chi connectivity index (χ0n) is 13.5. The van der Waals surface area contributed by atoms with E-state index in [1.54, 1.807) is 4.90 Å². The van der Waals surface area contributed by atoms with Crippen LogP contribution in [0.3, 0.4) is 0 Å². The number of rotatable bonds is 2. The molecule has 0 bridgehead atoms. The highest BCUT2D eigenvalue weighted by Crippen LogP contribution is 2.45. The number of hydrogen-bond acceptors (Lipinski definition) is 6. The molecule has 2 aliphatic rings. The van der Waals surface area contributed by atoms with Crippen LogP contribution in [0.5, 0.6) is 0 Å². The Labute approximate surface area is 149 Å². The van der Waals surface area contributed by atoms with Crippen LogP contribution >= 0.6 is 11.8 Å². The summed E-state index contributed by atoms with van der Waals surface area (Å²) in [6.45, 7) is 1.81. The van der Waals surface area contributed by atoms with Crippen molar-refractivity contribution in [3.05, 3.63) is 46.5 Å². The van der Waals surface area contributed by atoms with Gasteiger partial charge < -0.3 is 15.4 Å². The maximum atomic E-state index is 12.7. The molecule has 0 spiro atoms. The molecule has 0 radical (unpaired) electrons. The Hall–Kier alpha value is -2.50. The third-order valence-electron chi connectivity index (χ3n) is 4.20. The van der Waals surface area contributed by atoms with Crippen LogP contribution in [0.2, 0.25) is 0 Å². The molecule has 130 valence electrons. The number of nitriles is 1. The highest BCUT2D eigenvalue weighted by atomic mass is 32.2. The molecule has 8 heteroatoms. The number of nitrogens with one attached hydrogen (secondary N) is 1. The lowest BCUT2D eigenvalue weighted by Gasteiger charge is -2.27. The van der Waals surface area contributed by atoms with Gasteiger partial charge in [-0.2, -0.15) is 5.26 Å². The van der Waals surface area contributed by atoms with Gasteiger partial charge in [-0.05, 0) is 5.56 Å². The van der Waals surface area contributed by atoms with E-state index in [1.807, 2.05) is 30.3 Å². The molecular formula is C17H18N4O3S. The molecule has 2 unspecified atom stereocenters. The van der Waals surface area contributed by atoms with E-state index in [0.717, 1.165) is 17.3 Å². The topological polar surface area (TPSA) is 108 Å². The first kappa shape index (κ1) is 17.3. The summed E-state index contributed by atoms with van der Waals surface area (Å²) < 4.78 is 5.20. The van der Waals surface area contributed by atoms with Gasteiger partial charge in [-0.15, -0.1) is 0 Å². The highest BCUT2D eigenvalue weighted by Gasteiger charge is 2.41. The molecule has 2 heterocycles. The van der Waals surface area contributed by atoms with Gasteiger partial charge in [-0.1, -0.05) is 42.1 Å². The van der Waals surface area contributed by atoms with Gasteiger partial charge in [-0.25, -0.2) is 4.79 Å². The first-order chi connectivity index (χ1) is 12.1. The Balaban J connectivity index is 1.77. The second-order valence-corrected chi connectivity index (χ2v) is 6.89. The van der Waals surface area contributed by atoms with E-state index in [9.17, 15) is 14.9 Å². The van der Waals surface area contributed by atoms with Crippen molar-refractivity contribution >= 4 is 23.7 Å². The standard InChI is InChI=1S/C17H18N4O3S/c18-10-12-13(11-4-2-1-3-5-11)14(25-15(12)19)16(22)20-17(23)21-6-8-24-9-7-21/h1-5,13-14H,6-9,19H2,(H,20,22,23). The lowest BCUT2D eigenvalue weighted by molar-refractivity contribution is -0.119. The van der Waals surface area contributed by atoms with Gasteiger partial charge >= 0.3 is 6.03 Å². The maximum absolute atomic E-state index is 12.7. The molecule has 3 amide bonds. The van der Waals surface area contributed by atoms with Gasteiger partial charge in [0.1, 0.15) is 5.25 Å². The average Bonchev–Trinajstić information content (AvgIpc) is 2.99. The second-order valence-electron chi connectivity index (χ2n) is 5.71. The number of ether oxygens (including phenoxy) is 1. The third-order valence-corrected chi connectivity index (χ3v) is 5.41. The predicted molar refractivity (Wildman–Crippen MR) is 93.3 cm³/mol. The Morgan fingerprint density at radius 2 is 1.96 bits per heavy atom. The van der Waals surface area contributed by atoms with Crippen molar-refractivity contribution in [2.45, 2.75) is 11.2 Å². The molecule has 1 aromatic rings. The van der Waals surface area contributed by atoms with E-state index in [1.165, 1.54) is 0 Å². The zero-order valence-corrected chi connectivity index (χ0v) is 14.3. The second kappa shape index (κ2) is 7.59. The molecule has 2 aliphatic heterocycles. The van der Waals surface area contributed by atoms with Gasteiger partial charge in [0, 0.05) is 19.0 Å². The summed E-state index contributed by atoms with van der Waals surface area (Å²) in [4.78, 5) is 26.5. The van der Waals surface area contributed by atoms with Crippen LogP contribution in [-0.4, -0.2) is 48.4 Å². The first-order valence-electron chi connectivity index (χ1n) is 7.90. The van der Waals surface area contributed by atoms with E-state index in [-0.39, 0.29) is 0 Å². The predicted octanol–water partition coefficient (Wildman–Crippen LogP) is 1.15. The summed E-state index contributed by atoms with van der Waals surface area (Å²) in [7, 11) is 0. The fourth-order valence-corrected chi connectivity index (χ4v) is 4.09. The fourth-order valence-electron chi connectivity index (χ4n) is 2.93. The molecule has 3 N–H and O–H groups in total. The summed E-state index contributed by atoms with van der Waals surface area (Å²) >= 11 is 1.13. The number of benzene rings is 1. The number of amides is 3. The van der Waals surface area contributed by atoms with Crippen LogP contribution in [0.15, 0.2) is 40.9 Å². The van der Waals surface area contributed by atoms with Crippen molar-refractivity contribution in [3.8, 4) is 6.07 Å². The van der Waals surface area contributed by atoms with Crippen LogP contribution in [-0.2, 0) is 9.53 Å². The summed E-state index contributed by atoms with van der Waals surface area (Å²) in [5.41, 5.74) is 7.14. The number of nitrogens with two attached hydrogens (primary N) is 1. The quantitative estimate of drug-likeness (QED) is 0.821. The van der Waals surface area contributed by atoms with E-state index in [2.05, 4.69) is 11.4 Å². The number of thioether (sulfide) groups is 1. The van der Waals surface area contributed by atoms with Gasteiger partial charge in [-0.3, -0.25) is 10.1 Å². The molecule has 1 aromatic carbocycles. The smallest absolute Gasteiger partial charge is 0.324 e. The minimum atomic E-state index is -0.651. The third kappa shape index (κ3) is 3.62. The van der Waals surface area contributed by atoms with Gasteiger partial charge in [0.2, 0.25) is 5.91 Å². The van der Waals surface area contributed by atoms with Crippen molar-refractivity contribution in [3.63, 3.8) is 0 Å². The minimum absolute atomic E-state index is 0.329. The van der Waals surface area contributed by atoms with Gasteiger partial charge in [0.15, 0.2) is 0 Å². The molecule has 1 fully saturated rings. The molecule has 25 heavy (non-hydrogen) atoms. The van der Waals surface area contributed by atoms with Crippen molar-refractivity contribution in [2.24, 2.45) is 5.73 Å². The van der Waals surface area contributed by atoms with Crippen LogP contribution in [0.4, 0.5) is 4.79 Å². The van der Waals surface area contributed by atoms with Crippen molar-refractivity contribution in [1.82, 2.24) is 10.2 Å². The Morgan fingerprint density at radius 3 is 2.60 bits per heavy atom. The van der Waals surface area contributed by atoms with E-state index >= 15 is 0 Å². The molecule has 0 aliphatic carbocycles. The van der Waals surface area contributed by atoms with E-state index < -0.39 is 23.1 Å². The molecule has 0 aromatic heterocycles. The molecule has 3 rings (SSSR count). The molecule has 2 atom stereocenters. The van der Waals surface area contributed by atoms with Crippen LogP contribution in [0, 0.1) is 11.3 Å². The Kier molecular flexibility index (Phi) is 5.26. The number of morpholine rings is 1. The number of nitrogens with zero attached hydrogens (tertiary/aromatic N) is 2. The summed E-state index contributed by atoms with van der Waals surface area (Å²) in [6, 6.07) is 10.9. The number of allylic oxidation sites excluding steroid dienone is 1. The lowest BCUT2D eigenvalue weighted by atomic mass is 9.89. The SMILES string of the molecule is N#CC1=C(N)SC(C(=O)NC(=O)N2CCOCC2)C1c1ccccc1. The van der Waals surface area contributed by atoms with Crippen LogP contribution < -0.4 is 11.1 Å². The highest BCUT2D eigenvalue weighted by molar-refractivity contribution is 8.04. The number of carbonyl (C=O) groups excluding carboxylic acids is 2. The summed E-state index contributed by atoms with van der Waals surface area (Å²) in [6.07, 6.45) is 0. The fraction of sp³-hybridized carbons (Fsp3) is 0.353. The number of imide groups is 1. The number of hydrogen-bond donors (Lipinski definition) is 2. The largest absolute Gasteiger partial charge is 0.393 e. The van der Waals surface area contributed by atoms with Crippen molar-refractivity contribution in [2.75, 3.05) is 26.3 Å². The van der Waals surface area contributed by atoms with Crippen LogP contribution in [0.1, 0.15) is 11.5 Å². The minimum Gasteiger partial charge on any atom is -0.393 e. The normalized spacial score (nSPS) is 23.2. The van der Waals surface area contributed by atoms with Crippen LogP contribution in [0.25, 0.3) is 0 Å². The van der Waals surface area contributed by atoms with Gasteiger partial charge in [0.05, 0.1) is 29.9 Å². The molecule has 7 nitrogen and oxygen atoms in total.